The van der Waals surface area contributed by atoms with Crippen molar-refractivity contribution in [3.8, 4) is 5.69 Å². The van der Waals surface area contributed by atoms with Crippen molar-refractivity contribution in [1.29, 1.82) is 0 Å². The van der Waals surface area contributed by atoms with E-state index in [0.29, 0.717) is 21.0 Å². The molecular weight excluding hydrogens is 450 g/mol. The summed E-state index contributed by atoms with van der Waals surface area (Å²) in [5.74, 6) is -1.26. The number of imide groups is 1. The molecule has 2 amide bonds. The maximum absolute atomic E-state index is 12.6. The number of ether oxygens (including phenoxy) is 1. The number of rotatable bonds is 5. The van der Waals surface area contributed by atoms with Crippen molar-refractivity contribution in [2.75, 3.05) is 13.2 Å². The molecule has 0 spiro atoms. The molecule has 32 heavy (non-hydrogen) atoms. The molecule has 0 saturated carbocycles. The summed E-state index contributed by atoms with van der Waals surface area (Å²) in [5.41, 5.74) is 2.36. The molecule has 160 valence electrons. The van der Waals surface area contributed by atoms with Crippen LogP contribution < -0.4 is 0 Å². The third-order valence-corrected chi connectivity index (χ3v) is 6.59. The van der Waals surface area contributed by atoms with Gasteiger partial charge in [0.15, 0.2) is 0 Å². The third kappa shape index (κ3) is 3.37. The van der Waals surface area contributed by atoms with Crippen molar-refractivity contribution in [1.82, 2.24) is 14.7 Å². The Bertz CT molecular complexity index is 1360. The van der Waals surface area contributed by atoms with Crippen molar-refractivity contribution >= 4 is 50.9 Å². The number of carbonyl (C=O) groups excluding carboxylic acids is 3. The summed E-state index contributed by atoms with van der Waals surface area (Å²) in [6, 6.07) is 15.7. The van der Waals surface area contributed by atoms with Crippen molar-refractivity contribution in [3.63, 3.8) is 0 Å². The molecule has 0 bridgehead atoms. The number of aromatic nitrogens is 2. The molecule has 9 heteroatoms. The van der Waals surface area contributed by atoms with Crippen LogP contribution in [-0.4, -0.2) is 45.6 Å². The molecule has 2 aromatic carbocycles. The van der Waals surface area contributed by atoms with Crippen LogP contribution in [0.4, 0.5) is 0 Å². The first-order valence-corrected chi connectivity index (χ1v) is 11.0. The van der Waals surface area contributed by atoms with Crippen LogP contribution in [0.5, 0.6) is 0 Å². The van der Waals surface area contributed by atoms with Gasteiger partial charge in [-0.25, -0.2) is 9.48 Å². The second-order valence-electron chi connectivity index (χ2n) is 7.25. The molecule has 0 radical (unpaired) electrons. The van der Waals surface area contributed by atoms with E-state index in [1.807, 2.05) is 19.1 Å². The van der Waals surface area contributed by atoms with Crippen molar-refractivity contribution in [2.24, 2.45) is 0 Å². The minimum absolute atomic E-state index is 0.000558. The number of hydrogen-bond donors (Lipinski definition) is 0. The average Bonchev–Trinajstić information content (AvgIpc) is 3.43. The average molecular weight is 466 g/mol. The monoisotopic (exact) mass is 465 g/mol. The lowest BCUT2D eigenvalue weighted by atomic mass is 10.1. The van der Waals surface area contributed by atoms with Gasteiger partial charge in [0, 0.05) is 10.4 Å². The van der Waals surface area contributed by atoms with Gasteiger partial charge in [0.25, 0.3) is 11.8 Å². The summed E-state index contributed by atoms with van der Waals surface area (Å²) in [4.78, 5) is 39.8. The van der Waals surface area contributed by atoms with Crippen LogP contribution in [-0.2, 0) is 4.74 Å². The number of esters is 1. The van der Waals surface area contributed by atoms with Crippen LogP contribution >= 0.6 is 22.9 Å². The number of amides is 2. The number of hydrogen-bond acceptors (Lipinski definition) is 6. The Labute approximate surface area is 191 Å². The maximum Gasteiger partial charge on any atom is 0.348 e. The summed E-state index contributed by atoms with van der Waals surface area (Å²) >= 11 is 7.25. The Balaban J connectivity index is 1.30. The lowest BCUT2D eigenvalue weighted by molar-refractivity contribution is 0.0424. The first-order valence-electron chi connectivity index (χ1n) is 9.81. The van der Waals surface area contributed by atoms with Crippen LogP contribution in [0.3, 0.4) is 0 Å². The molecule has 0 fully saturated rings. The molecule has 7 nitrogen and oxygen atoms in total. The Morgan fingerprint density at radius 2 is 1.72 bits per heavy atom. The van der Waals surface area contributed by atoms with Gasteiger partial charge in [0.05, 0.1) is 29.1 Å². The van der Waals surface area contributed by atoms with Gasteiger partial charge in [0.1, 0.15) is 16.3 Å². The van der Waals surface area contributed by atoms with E-state index < -0.39 is 5.97 Å². The van der Waals surface area contributed by atoms with Gasteiger partial charge in [0.2, 0.25) is 0 Å². The van der Waals surface area contributed by atoms with Gasteiger partial charge < -0.3 is 4.74 Å². The normalized spacial score (nSPS) is 13.1. The summed E-state index contributed by atoms with van der Waals surface area (Å²) < 4.78 is 7.13. The molecule has 5 rings (SSSR count). The van der Waals surface area contributed by atoms with E-state index in [1.54, 1.807) is 47.1 Å². The van der Waals surface area contributed by atoms with E-state index in [9.17, 15) is 14.4 Å². The van der Waals surface area contributed by atoms with E-state index >= 15 is 0 Å². The van der Waals surface area contributed by atoms with E-state index in [0.717, 1.165) is 26.5 Å². The summed E-state index contributed by atoms with van der Waals surface area (Å²) in [6.07, 6.45) is 0. The second-order valence-corrected chi connectivity index (χ2v) is 8.71. The predicted octanol–water partition coefficient (Wildman–Crippen LogP) is 4.50. The van der Waals surface area contributed by atoms with Crippen molar-refractivity contribution in [3.05, 3.63) is 81.3 Å². The van der Waals surface area contributed by atoms with E-state index in [1.165, 1.54) is 11.3 Å². The summed E-state index contributed by atoms with van der Waals surface area (Å²) in [7, 11) is 0. The molecule has 0 atom stereocenters. The van der Waals surface area contributed by atoms with Gasteiger partial charge in [-0.05, 0) is 49.4 Å². The number of aryl methyl sites for hydroxylation is 1. The van der Waals surface area contributed by atoms with Gasteiger partial charge >= 0.3 is 5.97 Å². The molecule has 0 unspecified atom stereocenters. The number of carbonyl (C=O) groups is 3. The Morgan fingerprint density at radius 3 is 2.38 bits per heavy atom. The highest BCUT2D eigenvalue weighted by molar-refractivity contribution is 7.20. The number of halogens is 1. The SMILES string of the molecule is Cc1nn(-c2ccc(Cl)cc2)c2sc(C(=O)OCCN3C(=O)c4ccccc4C3=O)cc12. The highest BCUT2D eigenvalue weighted by atomic mass is 35.5. The highest BCUT2D eigenvalue weighted by Gasteiger charge is 2.34. The quantitative estimate of drug-likeness (QED) is 0.320. The van der Waals surface area contributed by atoms with E-state index in [-0.39, 0.29) is 25.0 Å². The number of fused-ring (bicyclic) bond motifs is 2. The lowest BCUT2D eigenvalue weighted by Crippen LogP contribution is -2.33. The topological polar surface area (TPSA) is 81.5 Å². The predicted molar refractivity (Wildman–Crippen MR) is 121 cm³/mol. The minimum Gasteiger partial charge on any atom is -0.460 e. The van der Waals surface area contributed by atoms with Crippen LogP contribution in [0, 0.1) is 6.92 Å². The first kappa shape index (κ1) is 20.4. The Hall–Kier alpha value is -3.49. The number of nitrogens with zero attached hydrogens (tertiary/aromatic N) is 3. The van der Waals surface area contributed by atoms with Crippen LogP contribution in [0.1, 0.15) is 36.1 Å². The molecule has 3 heterocycles. The molecule has 4 aromatic rings. The summed E-state index contributed by atoms with van der Waals surface area (Å²) in [5, 5.41) is 6.04. The highest BCUT2D eigenvalue weighted by Crippen LogP contribution is 2.31. The van der Waals surface area contributed by atoms with Gasteiger partial charge in [-0.3, -0.25) is 14.5 Å². The molecular formula is C23H16ClN3O4S. The van der Waals surface area contributed by atoms with E-state index in [4.69, 9.17) is 16.3 Å². The van der Waals surface area contributed by atoms with Gasteiger partial charge in [-0.15, -0.1) is 11.3 Å². The van der Waals surface area contributed by atoms with Crippen molar-refractivity contribution in [2.45, 2.75) is 6.92 Å². The number of thiophene rings is 1. The fraction of sp³-hybridized carbons (Fsp3) is 0.130. The van der Waals surface area contributed by atoms with Crippen LogP contribution in [0.2, 0.25) is 5.02 Å². The molecule has 0 aliphatic carbocycles. The molecule has 0 saturated heterocycles. The number of benzene rings is 2. The smallest absolute Gasteiger partial charge is 0.348 e. The van der Waals surface area contributed by atoms with E-state index in [2.05, 4.69) is 5.10 Å². The first-order chi connectivity index (χ1) is 15.4. The lowest BCUT2D eigenvalue weighted by Gasteiger charge is -2.13. The second kappa shape index (κ2) is 7.89. The molecule has 1 aliphatic heterocycles. The fourth-order valence-corrected chi connectivity index (χ4v) is 4.85. The fourth-order valence-electron chi connectivity index (χ4n) is 3.65. The zero-order valence-electron chi connectivity index (χ0n) is 16.9. The molecule has 2 aromatic heterocycles. The van der Waals surface area contributed by atoms with Crippen LogP contribution in [0.15, 0.2) is 54.6 Å². The Morgan fingerprint density at radius 1 is 1.06 bits per heavy atom. The maximum atomic E-state index is 12.6. The third-order valence-electron chi connectivity index (χ3n) is 5.24. The van der Waals surface area contributed by atoms with Crippen molar-refractivity contribution < 1.29 is 19.1 Å². The van der Waals surface area contributed by atoms with Crippen LogP contribution in [0.25, 0.3) is 15.9 Å². The zero-order chi connectivity index (χ0) is 22.4. The molecule has 0 N–H and O–H groups in total. The largest absolute Gasteiger partial charge is 0.460 e. The Kier molecular flexibility index (Phi) is 5.03. The zero-order valence-corrected chi connectivity index (χ0v) is 18.4. The van der Waals surface area contributed by atoms with Gasteiger partial charge in [-0.1, -0.05) is 23.7 Å². The van der Waals surface area contributed by atoms with Gasteiger partial charge in [-0.2, -0.15) is 5.10 Å². The molecule has 1 aliphatic rings. The minimum atomic E-state index is -0.509. The summed E-state index contributed by atoms with van der Waals surface area (Å²) in [6.45, 7) is 1.79. The standard InChI is InChI=1S/C23H16ClN3O4S/c1-13-18-12-19(32-22(18)27(25-13)15-8-6-14(24)7-9-15)23(30)31-11-10-26-20(28)16-4-2-3-5-17(16)21(26)29/h2-9,12H,10-11H2,1H3.